The van der Waals surface area contributed by atoms with E-state index in [1.807, 2.05) is 42.1 Å². The highest BCUT2D eigenvalue weighted by Gasteiger charge is 2.49. The molecule has 4 aromatic rings. The van der Waals surface area contributed by atoms with E-state index in [9.17, 15) is 4.79 Å². The molecular weight excluding hydrogens is 472 g/mol. The van der Waals surface area contributed by atoms with Crippen molar-refractivity contribution < 1.29 is 4.79 Å². The van der Waals surface area contributed by atoms with Crippen molar-refractivity contribution in [2.24, 2.45) is 4.99 Å². The Labute approximate surface area is 222 Å². The van der Waals surface area contributed by atoms with Crippen LogP contribution in [0.15, 0.2) is 83.9 Å². The van der Waals surface area contributed by atoms with E-state index < -0.39 is 0 Å². The lowest BCUT2D eigenvalue weighted by molar-refractivity contribution is 0.0866. The molecule has 1 N–H and O–H groups in total. The summed E-state index contributed by atoms with van der Waals surface area (Å²) in [4.78, 5) is 22.5. The quantitative estimate of drug-likeness (QED) is 0.373. The molecule has 7 nitrogen and oxygen atoms in total. The second kappa shape index (κ2) is 8.87. The number of guanidine groups is 1. The van der Waals surface area contributed by atoms with Crippen LogP contribution >= 0.6 is 0 Å². The Hall–Kier alpha value is -4.39. The first-order valence-electron chi connectivity index (χ1n) is 13.3. The van der Waals surface area contributed by atoms with Gasteiger partial charge in [0, 0.05) is 12.7 Å². The second-order valence-corrected chi connectivity index (χ2v) is 10.5. The Kier molecular flexibility index (Phi) is 5.32. The monoisotopic (exact) mass is 502 g/mol. The first-order chi connectivity index (χ1) is 18.6. The van der Waals surface area contributed by atoms with Crippen molar-refractivity contribution in [1.29, 1.82) is 0 Å². The van der Waals surface area contributed by atoms with E-state index in [0.717, 1.165) is 42.3 Å². The molecule has 0 radical (unpaired) electrons. The molecular formula is C31H30N6O. The second-order valence-electron chi connectivity index (χ2n) is 10.5. The summed E-state index contributed by atoms with van der Waals surface area (Å²) >= 11 is 0. The molecule has 1 fully saturated rings. The zero-order valence-corrected chi connectivity index (χ0v) is 21.6. The maximum absolute atomic E-state index is 13.7. The van der Waals surface area contributed by atoms with Crippen LogP contribution in [0.2, 0.25) is 0 Å². The van der Waals surface area contributed by atoms with Gasteiger partial charge in [-0.1, -0.05) is 72.3 Å². The average molecular weight is 503 g/mol. The number of carbonyl (C=O) groups excluding carboxylic acids is 1. The number of hydrogen-bond acceptors (Lipinski definition) is 5. The number of rotatable bonds is 5. The third kappa shape index (κ3) is 3.69. The van der Waals surface area contributed by atoms with Crippen LogP contribution in [0, 0.1) is 6.92 Å². The van der Waals surface area contributed by atoms with E-state index in [-0.39, 0.29) is 18.0 Å². The Balaban J connectivity index is 1.29. The number of aliphatic imine (C=N–C) groups is 1. The number of nitrogens with one attached hydrogen (secondary N) is 1. The number of hydrogen-bond donors (Lipinski definition) is 1. The summed E-state index contributed by atoms with van der Waals surface area (Å²) in [6, 6.07) is 27.7. The van der Waals surface area contributed by atoms with E-state index in [0.29, 0.717) is 17.9 Å². The van der Waals surface area contributed by atoms with E-state index in [1.54, 1.807) is 4.90 Å². The number of anilines is 3. The van der Waals surface area contributed by atoms with Gasteiger partial charge in [-0.2, -0.15) is 5.10 Å². The number of benzene rings is 3. The minimum atomic E-state index is -0.0747. The maximum atomic E-state index is 13.7. The molecule has 7 heteroatoms. The fourth-order valence-electron chi connectivity index (χ4n) is 5.93. The van der Waals surface area contributed by atoms with Gasteiger partial charge in [0.1, 0.15) is 11.4 Å². The van der Waals surface area contributed by atoms with Crippen LogP contribution in [0.1, 0.15) is 40.7 Å². The predicted octanol–water partition coefficient (Wildman–Crippen LogP) is 5.83. The number of para-hydroxylation sites is 1. The highest BCUT2D eigenvalue weighted by atomic mass is 16.2. The van der Waals surface area contributed by atoms with Crippen molar-refractivity contribution in [2.75, 3.05) is 17.3 Å². The molecule has 3 aliphatic rings. The van der Waals surface area contributed by atoms with Gasteiger partial charge in [0.15, 0.2) is 5.82 Å². The van der Waals surface area contributed by atoms with E-state index in [4.69, 9.17) is 10.1 Å². The van der Waals surface area contributed by atoms with Crippen molar-refractivity contribution in [1.82, 2.24) is 14.7 Å². The summed E-state index contributed by atoms with van der Waals surface area (Å²) in [6.45, 7) is 2.64. The summed E-state index contributed by atoms with van der Waals surface area (Å²) in [7, 11) is 1.82. The third-order valence-electron chi connectivity index (χ3n) is 7.96. The van der Waals surface area contributed by atoms with Gasteiger partial charge in [0.05, 0.1) is 18.6 Å². The summed E-state index contributed by atoms with van der Waals surface area (Å²) in [5.41, 5.74) is 6.27. The van der Waals surface area contributed by atoms with Crippen molar-refractivity contribution in [3.05, 3.63) is 95.6 Å². The van der Waals surface area contributed by atoms with E-state index in [2.05, 4.69) is 65.7 Å². The van der Waals surface area contributed by atoms with Gasteiger partial charge in [-0.15, -0.1) is 0 Å². The summed E-state index contributed by atoms with van der Waals surface area (Å²) in [5.74, 6) is 2.09. The molecule has 1 saturated carbocycles. The first-order valence-corrected chi connectivity index (χ1v) is 13.3. The summed E-state index contributed by atoms with van der Waals surface area (Å²) < 4.78 is 1.94. The highest BCUT2D eigenvalue weighted by molar-refractivity contribution is 6.21. The topological polar surface area (TPSA) is 65.8 Å². The van der Waals surface area contributed by atoms with Crippen molar-refractivity contribution in [3.8, 4) is 11.1 Å². The molecule has 1 aliphatic carbocycles. The van der Waals surface area contributed by atoms with Gasteiger partial charge in [0.25, 0.3) is 5.91 Å². The van der Waals surface area contributed by atoms with Gasteiger partial charge in [-0.25, -0.2) is 9.67 Å². The minimum absolute atomic E-state index is 0.0747. The third-order valence-corrected chi connectivity index (χ3v) is 7.96. The molecule has 1 amide bonds. The van der Waals surface area contributed by atoms with Crippen LogP contribution in [0.3, 0.4) is 0 Å². The fourth-order valence-corrected chi connectivity index (χ4v) is 5.93. The first kappa shape index (κ1) is 22.8. The minimum Gasteiger partial charge on any atom is -0.340 e. The number of carbonyl (C=O) groups is 1. The SMILES string of the molecule is Cc1ccc(-c2ccc(Cn3nc4c(c3Nc3ccccc3)C(=O)N(C)C3=N[C@@H]5CCC[C@@H]5N34)cc2)cc1. The predicted molar refractivity (Wildman–Crippen MR) is 151 cm³/mol. The molecule has 3 aromatic carbocycles. The molecule has 2 aliphatic heterocycles. The molecule has 2 atom stereocenters. The number of fused-ring (bicyclic) bond motifs is 5. The molecule has 0 unspecified atom stereocenters. The molecule has 7 rings (SSSR count). The molecule has 3 heterocycles. The van der Waals surface area contributed by atoms with Crippen molar-refractivity contribution in [2.45, 2.75) is 44.8 Å². The van der Waals surface area contributed by atoms with Gasteiger partial charge in [0.2, 0.25) is 5.96 Å². The Morgan fingerprint density at radius 3 is 2.37 bits per heavy atom. The van der Waals surface area contributed by atoms with Gasteiger partial charge >= 0.3 is 0 Å². The van der Waals surface area contributed by atoms with Crippen LogP contribution in [-0.2, 0) is 6.54 Å². The van der Waals surface area contributed by atoms with Crippen LogP contribution in [0.25, 0.3) is 11.1 Å². The lowest BCUT2D eigenvalue weighted by atomic mass is 10.0. The average Bonchev–Trinajstić information content (AvgIpc) is 3.63. The smallest absolute Gasteiger partial charge is 0.267 e. The number of nitrogens with zero attached hydrogens (tertiary/aromatic N) is 5. The Bertz CT molecular complexity index is 1540. The molecule has 0 bridgehead atoms. The maximum Gasteiger partial charge on any atom is 0.267 e. The van der Waals surface area contributed by atoms with Gasteiger partial charge in [-0.05, 0) is 55.0 Å². The van der Waals surface area contributed by atoms with E-state index >= 15 is 0 Å². The van der Waals surface area contributed by atoms with Crippen LogP contribution < -0.4 is 10.2 Å². The molecule has 1 aromatic heterocycles. The van der Waals surface area contributed by atoms with Gasteiger partial charge in [-0.3, -0.25) is 14.6 Å². The summed E-state index contributed by atoms with van der Waals surface area (Å²) in [6.07, 6.45) is 3.28. The lowest BCUT2D eigenvalue weighted by Gasteiger charge is -2.34. The Morgan fingerprint density at radius 2 is 1.63 bits per heavy atom. The molecule has 0 saturated heterocycles. The largest absolute Gasteiger partial charge is 0.340 e. The number of aromatic nitrogens is 2. The number of aryl methyl sites for hydroxylation is 1. The normalized spacial score (nSPS) is 19.7. The molecule has 38 heavy (non-hydrogen) atoms. The summed E-state index contributed by atoms with van der Waals surface area (Å²) in [5, 5.41) is 8.59. The molecule has 0 spiro atoms. The fraction of sp³-hybridized carbons (Fsp3) is 0.258. The molecule has 190 valence electrons. The lowest BCUT2D eigenvalue weighted by Crippen LogP contribution is -2.51. The van der Waals surface area contributed by atoms with Crippen molar-refractivity contribution >= 4 is 29.2 Å². The zero-order chi connectivity index (χ0) is 25.8. The zero-order valence-electron chi connectivity index (χ0n) is 21.6. The van der Waals surface area contributed by atoms with Crippen LogP contribution in [-0.4, -0.2) is 45.7 Å². The number of amides is 1. The van der Waals surface area contributed by atoms with Gasteiger partial charge < -0.3 is 5.32 Å². The van der Waals surface area contributed by atoms with E-state index in [1.165, 1.54) is 16.7 Å². The Morgan fingerprint density at radius 1 is 0.921 bits per heavy atom. The standard InChI is InChI=1S/C31H30N6O/c1-20-11-15-22(16-12-20)23-17-13-21(14-18-23)19-36-28(32-24-7-4-3-5-8-24)27-29(34-36)37-26-10-6-9-25(26)33-31(37)35(2)30(27)38/h3-5,7-8,11-18,25-26,32H,6,9-10,19H2,1-2H3/t25-,26+/m1/s1. The van der Waals surface area contributed by atoms with Crippen molar-refractivity contribution in [3.63, 3.8) is 0 Å². The highest BCUT2D eigenvalue weighted by Crippen LogP contribution is 2.43. The van der Waals surface area contributed by atoms with Crippen LogP contribution in [0.5, 0.6) is 0 Å². The van der Waals surface area contributed by atoms with Crippen LogP contribution in [0.4, 0.5) is 17.3 Å².